The Balaban J connectivity index is 1.61. The van der Waals surface area contributed by atoms with E-state index in [0.29, 0.717) is 29.0 Å². The van der Waals surface area contributed by atoms with E-state index in [0.717, 1.165) is 18.2 Å². The molecule has 2 aromatic carbocycles. The molecule has 1 aliphatic heterocycles. The first kappa shape index (κ1) is 35.5. The third-order valence-electron chi connectivity index (χ3n) is 7.45. The predicted octanol–water partition coefficient (Wildman–Crippen LogP) is 7.10. The Bertz CT molecular complexity index is 1600. The summed E-state index contributed by atoms with van der Waals surface area (Å²) in [6.07, 6.45) is -15.1. The quantitative estimate of drug-likeness (QED) is 0.169. The Hall–Kier alpha value is -4.31. The molecular weight excluding hydrogens is 654 g/mol. The number of ether oxygens (including phenoxy) is 1. The summed E-state index contributed by atoms with van der Waals surface area (Å²) in [5, 5.41) is 3.10. The lowest BCUT2D eigenvalue weighted by Gasteiger charge is -2.34. The molecule has 7 nitrogen and oxygen atoms in total. The van der Waals surface area contributed by atoms with Crippen LogP contribution in [0.3, 0.4) is 0 Å². The number of esters is 1. The van der Waals surface area contributed by atoms with E-state index in [9.17, 15) is 53.5 Å². The topological polar surface area (TPSA) is 67.7 Å². The van der Waals surface area contributed by atoms with Crippen molar-refractivity contribution in [2.24, 2.45) is 0 Å². The van der Waals surface area contributed by atoms with Crippen molar-refractivity contribution in [3.63, 3.8) is 0 Å². The number of nitrogens with zero attached hydrogens (tertiary/aromatic N) is 4. The third kappa shape index (κ3) is 8.54. The van der Waals surface area contributed by atoms with Crippen LogP contribution in [0.5, 0.6) is 0 Å². The Morgan fingerprint density at radius 2 is 1.66 bits per heavy atom. The van der Waals surface area contributed by atoms with Crippen LogP contribution in [0.15, 0.2) is 42.5 Å². The zero-order valence-corrected chi connectivity index (χ0v) is 24.7. The van der Waals surface area contributed by atoms with Crippen LogP contribution in [0, 0.1) is 5.82 Å². The fourth-order valence-corrected chi connectivity index (χ4v) is 5.30. The molecule has 1 aromatic heterocycles. The van der Waals surface area contributed by atoms with Gasteiger partial charge in [0.25, 0.3) is 0 Å². The average molecular weight is 683 g/mol. The van der Waals surface area contributed by atoms with Crippen LogP contribution in [0.4, 0.5) is 55.3 Å². The van der Waals surface area contributed by atoms with Crippen molar-refractivity contribution in [3.8, 4) is 0 Å². The van der Waals surface area contributed by atoms with Gasteiger partial charge in [-0.1, -0.05) is 18.2 Å². The molecular formula is C30H28F10N4O3. The standard InChI is InChI=1S/C30H28F10N4O3/c1-2-47-26(45)11-9-18-8-10-20(15-22(18)31)43(27(46)30(38,39)40)17-19-5-3-7-23-21(19)6-4-12-42(23)13-14-44-25(29(35,36)37)16-24(41-44)28(32,33)34/h3,5,7-8,10,15-16H,2,4,6,9,11-14,17H2,1H3. The number of hydrogen-bond acceptors (Lipinski definition) is 5. The summed E-state index contributed by atoms with van der Waals surface area (Å²) in [6.45, 7) is 0.516. The van der Waals surface area contributed by atoms with Crippen LogP contribution in [0.25, 0.3) is 0 Å². The number of alkyl halides is 9. The van der Waals surface area contributed by atoms with E-state index >= 15 is 0 Å². The van der Waals surface area contributed by atoms with E-state index in [-0.39, 0.29) is 54.4 Å². The SMILES string of the molecule is CCOC(=O)CCc1ccc(N(Cc2cccc3c2CCCN3CCn2nc(C(F)(F)F)cc2C(F)(F)F)C(=O)C(F)(F)F)cc1F. The van der Waals surface area contributed by atoms with Crippen LogP contribution >= 0.6 is 0 Å². The molecule has 4 rings (SSSR count). The lowest BCUT2D eigenvalue weighted by molar-refractivity contribution is -0.170. The van der Waals surface area contributed by atoms with Gasteiger partial charge in [0, 0.05) is 37.0 Å². The Kier molecular flexibility index (Phi) is 10.4. The van der Waals surface area contributed by atoms with Gasteiger partial charge < -0.3 is 14.5 Å². The van der Waals surface area contributed by atoms with Crippen molar-refractivity contribution in [3.05, 3.63) is 76.4 Å². The minimum absolute atomic E-state index is 0.0159. The maximum Gasteiger partial charge on any atom is 0.471 e. The van der Waals surface area contributed by atoms with Crippen LogP contribution in [0.1, 0.15) is 47.8 Å². The fraction of sp³-hybridized carbons (Fsp3) is 0.433. The number of aryl methyl sites for hydroxylation is 1. The van der Waals surface area contributed by atoms with Crippen molar-refractivity contribution in [1.29, 1.82) is 0 Å². The van der Waals surface area contributed by atoms with Gasteiger partial charge in [0.2, 0.25) is 0 Å². The number of hydrogen-bond donors (Lipinski definition) is 0. The number of amides is 1. The minimum Gasteiger partial charge on any atom is -0.466 e. The molecule has 1 amide bonds. The Morgan fingerprint density at radius 1 is 0.936 bits per heavy atom. The molecule has 0 atom stereocenters. The molecule has 17 heteroatoms. The predicted molar refractivity (Wildman–Crippen MR) is 148 cm³/mol. The summed E-state index contributed by atoms with van der Waals surface area (Å²) in [5.74, 6) is -3.82. The fourth-order valence-electron chi connectivity index (χ4n) is 5.30. The van der Waals surface area contributed by atoms with Crippen LogP contribution in [-0.4, -0.2) is 47.5 Å². The Morgan fingerprint density at radius 3 is 2.28 bits per heavy atom. The molecule has 0 N–H and O–H groups in total. The van der Waals surface area contributed by atoms with E-state index in [1.165, 1.54) is 12.1 Å². The molecule has 47 heavy (non-hydrogen) atoms. The summed E-state index contributed by atoms with van der Waals surface area (Å²) >= 11 is 0. The molecule has 256 valence electrons. The van der Waals surface area contributed by atoms with Crippen LogP contribution < -0.4 is 9.80 Å². The van der Waals surface area contributed by atoms with Gasteiger partial charge >= 0.3 is 30.4 Å². The van der Waals surface area contributed by atoms with Crippen LogP contribution in [-0.2, 0) is 52.6 Å². The summed E-state index contributed by atoms with van der Waals surface area (Å²) in [6, 6.07) is 7.42. The van der Waals surface area contributed by atoms with Crippen LogP contribution in [0.2, 0.25) is 0 Å². The molecule has 0 fully saturated rings. The second-order valence-corrected chi connectivity index (χ2v) is 10.6. The van der Waals surface area contributed by atoms with Gasteiger partial charge in [-0.25, -0.2) is 4.39 Å². The van der Waals surface area contributed by atoms with Crippen molar-refractivity contribution in [2.45, 2.75) is 64.2 Å². The van der Waals surface area contributed by atoms with E-state index in [4.69, 9.17) is 4.74 Å². The number of fused-ring (bicyclic) bond motifs is 1. The number of anilines is 2. The van der Waals surface area contributed by atoms with Crippen molar-refractivity contribution in [1.82, 2.24) is 9.78 Å². The highest BCUT2D eigenvalue weighted by atomic mass is 19.4. The summed E-state index contributed by atoms with van der Waals surface area (Å²) in [5.41, 5.74) is -2.56. The second-order valence-electron chi connectivity index (χ2n) is 10.6. The first-order valence-electron chi connectivity index (χ1n) is 14.3. The summed E-state index contributed by atoms with van der Waals surface area (Å²) < 4.78 is 141. The minimum atomic E-state index is -5.34. The largest absolute Gasteiger partial charge is 0.471 e. The molecule has 0 aliphatic carbocycles. The zero-order valence-electron chi connectivity index (χ0n) is 24.7. The molecule has 1 aliphatic rings. The summed E-state index contributed by atoms with van der Waals surface area (Å²) in [4.78, 5) is 26.1. The van der Waals surface area contributed by atoms with Gasteiger partial charge in [0.05, 0.1) is 19.7 Å². The number of halogens is 10. The molecule has 0 saturated heterocycles. The Labute approximate surface area is 261 Å². The first-order chi connectivity index (χ1) is 21.9. The molecule has 0 spiro atoms. The lowest BCUT2D eigenvalue weighted by Crippen LogP contribution is -2.41. The smallest absolute Gasteiger partial charge is 0.466 e. The second kappa shape index (κ2) is 13.8. The number of carbonyl (C=O) groups is 2. The monoisotopic (exact) mass is 682 g/mol. The molecule has 0 radical (unpaired) electrons. The number of rotatable bonds is 10. The first-order valence-corrected chi connectivity index (χ1v) is 14.3. The van der Waals surface area contributed by atoms with E-state index < -0.39 is 66.4 Å². The highest BCUT2D eigenvalue weighted by molar-refractivity contribution is 5.97. The average Bonchev–Trinajstić information content (AvgIpc) is 3.44. The van der Waals surface area contributed by atoms with Crippen molar-refractivity contribution >= 4 is 23.3 Å². The normalized spacial score (nSPS) is 13.8. The molecule has 3 aromatic rings. The summed E-state index contributed by atoms with van der Waals surface area (Å²) in [7, 11) is 0. The van der Waals surface area contributed by atoms with Crippen molar-refractivity contribution in [2.75, 3.05) is 29.5 Å². The third-order valence-corrected chi connectivity index (χ3v) is 7.45. The lowest BCUT2D eigenvalue weighted by atomic mass is 9.95. The van der Waals surface area contributed by atoms with Gasteiger partial charge in [-0.05, 0) is 61.1 Å². The van der Waals surface area contributed by atoms with E-state index in [1.807, 2.05) is 0 Å². The molecule has 0 bridgehead atoms. The van der Waals surface area contributed by atoms with Crippen molar-refractivity contribution < 1.29 is 58.2 Å². The van der Waals surface area contributed by atoms with Gasteiger partial charge in [-0.3, -0.25) is 14.3 Å². The van der Waals surface area contributed by atoms with Gasteiger partial charge in [0.1, 0.15) is 11.5 Å². The van der Waals surface area contributed by atoms with Gasteiger partial charge in [0.15, 0.2) is 5.69 Å². The van der Waals surface area contributed by atoms with Gasteiger partial charge in [-0.2, -0.15) is 44.6 Å². The molecule has 2 heterocycles. The van der Waals surface area contributed by atoms with E-state index in [1.54, 1.807) is 17.9 Å². The maximum atomic E-state index is 14.9. The maximum absolute atomic E-state index is 14.9. The number of benzene rings is 2. The number of aromatic nitrogens is 2. The molecule has 0 saturated carbocycles. The van der Waals surface area contributed by atoms with Gasteiger partial charge in [-0.15, -0.1) is 0 Å². The highest BCUT2D eigenvalue weighted by Gasteiger charge is 2.44. The highest BCUT2D eigenvalue weighted by Crippen LogP contribution is 2.36. The zero-order chi connectivity index (χ0) is 34.7. The number of carbonyl (C=O) groups excluding carboxylic acids is 2. The molecule has 0 unspecified atom stereocenters. The van der Waals surface area contributed by atoms with E-state index in [2.05, 4.69) is 5.10 Å².